The van der Waals surface area contributed by atoms with E-state index < -0.39 is 11.5 Å². The Kier molecular flexibility index (Phi) is 3.25. The number of carbonyl (C=O) groups excluding carboxylic acids is 1. The van der Waals surface area contributed by atoms with Gasteiger partial charge >= 0.3 is 12.0 Å². The molecule has 2 rings (SSSR count). The molecule has 1 saturated heterocycles. The van der Waals surface area contributed by atoms with Gasteiger partial charge in [-0.15, -0.1) is 0 Å². The fourth-order valence-corrected chi connectivity index (χ4v) is 2.59. The molecule has 102 valence electrons. The zero-order chi connectivity index (χ0) is 13.5. The summed E-state index contributed by atoms with van der Waals surface area (Å²) in [5, 5.41) is 12.0. The Bertz CT molecular complexity index is 357. The molecule has 5 nitrogen and oxygen atoms in total. The maximum Gasteiger partial charge on any atom is 0.329 e. The first-order valence-electron chi connectivity index (χ1n) is 6.65. The van der Waals surface area contributed by atoms with Gasteiger partial charge in [-0.3, -0.25) is 0 Å². The van der Waals surface area contributed by atoms with Crippen molar-refractivity contribution in [2.75, 3.05) is 13.1 Å². The van der Waals surface area contributed by atoms with Gasteiger partial charge in [0, 0.05) is 13.1 Å². The normalized spacial score (nSPS) is 30.9. The number of hydrogen-bond donors (Lipinski definition) is 2. The van der Waals surface area contributed by atoms with Crippen LogP contribution in [-0.4, -0.2) is 40.6 Å². The van der Waals surface area contributed by atoms with Crippen molar-refractivity contribution < 1.29 is 14.7 Å². The molecule has 2 N–H and O–H groups in total. The van der Waals surface area contributed by atoms with E-state index in [1.165, 1.54) is 0 Å². The molecule has 0 spiro atoms. The Morgan fingerprint density at radius 1 is 1.22 bits per heavy atom. The summed E-state index contributed by atoms with van der Waals surface area (Å²) in [5.74, 6) is 0.107. The lowest BCUT2D eigenvalue weighted by Crippen LogP contribution is -2.57. The predicted molar refractivity (Wildman–Crippen MR) is 67.2 cm³/mol. The molecule has 1 aliphatic carbocycles. The maximum atomic E-state index is 12.1. The molecule has 0 aromatic carbocycles. The third kappa shape index (κ3) is 2.31. The second kappa shape index (κ2) is 4.44. The summed E-state index contributed by atoms with van der Waals surface area (Å²) < 4.78 is 0. The van der Waals surface area contributed by atoms with Gasteiger partial charge in [0.2, 0.25) is 0 Å². The van der Waals surface area contributed by atoms with Crippen LogP contribution in [0.2, 0.25) is 0 Å². The molecular formula is C13H22N2O3. The Balaban J connectivity index is 2.00. The standard InChI is InChI=1S/C13H22N2O3/c1-8-6-15(7-9(8)2)12(18)14-13(3,11(16)17)10-4-5-10/h8-10H,4-7H2,1-3H3,(H,14,18)(H,16,17). The highest BCUT2D eigenvalue weighted by atomic mass is 16.4. The van der Waals surface area contributed by atoms with Gasteiger partial charge in [0.15, 0.2) is 0 Å². The molecule has 1 saturated carbocycles. The molecule has 5 heteroatoms. The van der Waals surface area contributed by atoms with Crippen LogP contribution in [0.15, 0.2) is 0 Å². The number of amides is 2. The number of carbonyl (C=O) groups is 2. The van der Waals surface area contributed by atoms with E-state index in [1.807, 2.05) is 0 Å². The number of nitrogens with zero attached hydrogens (tertiary/aromatic N) is 1. The van der Waals surface area contributed by atoms with Gasteiger partial charge in [-0.2, -0.15) is 0 Å². The van der Waals surface area contributed by atoms with Crippen LogP contribution in [0, 0.1) is 17.8 Å². The molecule has 18 heavy (non-hydrogen) atoms. The molecule has 0 aromatic rings. The second-order valence-corrected chi connectivity index (χ2v) is 6.07. The van der Waals surface area contributed by atoms with Crippen molar-refractivity contribution in [3.63, 3.8) is 0 Å². The number of nitrogens with one attached hydrogen (secondary N) is 1. The fourth-order valence-electron chi connectivity index (χ4n) is 2.59. The monoisotopic (exact) mass is 254 g/mol. The highest BCUT2D eigenvalue weighted by Crippen LogP contribution is 2.40. The van der Waals surface area contributed by atoms with Crippen LogP contribution in [0.3, 0.4) is 0 Å². The fraction of sp³-hybridized carbons (Fsp3) is 0.846. The van der Waals surface area contributed by atoms with Gasteiger partial charge in [0.05, 0.1) is 0 Å². The zero-order valence-electron chi connectivity index (χ0n) is 11.3. The number of likely N-dealkylation sites (tertiary alicyclic amines) is 1. The van der Waals surface area contributed by atoms with E-state index in [4.69, 9.17) is 0 Å². The minimum atomic E-state index is -1.11. The average molecular weight is 254 g/mol. The number of rotatable bonds is 3. The smallest absolute Gasteiger partial charge is 0.329 e. The molecule has 0 radical (unpaired) electrons. The summed E-state index contributed by atoms with van der Waals surface area (Å²) in [7, 11) is 0. The molecule has 0 bridgehead atoms. The lowest BCUT2D eigenvalue weighted by Gasteiger charge is -2.29. The van der Waals surface area contributed by atoms with Crippen LogP contribution < -0.4 is 5.32 Å². The number of urea groups is 1. The summed E-state index contributed by atoms with van der Waals surface area (Å²) in [5.41, 5.74) is -1.11. The lowest BCUT2D eigenvalue weighted by molar-refractivity contribution is -0.144. The average Bonchev–Trinajstić information content (AvgIpc) is 3.07. The van der Waals surface area contributed by atoms with E-state index in [0.717, 1.165) is 12.8 Å². The third-order valence-electron chi connectivity index (χ3n) is 4.48. The minimum absolute atomic E-state index is 0.0800. The van der Waals surface area contributed by atoms with Crippen LogP contribution in [0.1, 0.15) is 33.6 Å². The van der Waals surface area contributed by atoms with Gasteiger partial charge < -0.3 is 15.3 Å². The molecule has 2 aliphatic rings. The Hall–Kier alpha value is -1.26. The molecular weight excluding hydrogens is 232 g/mol. The summed E-state index contributed by atoms with van der Waals surface area (Å²) in [4.78, 5) is 25.2. The number of aliphatic carboxylic acids is 1. The number of carboxylic acids is 1. The first kappa shape index (κ1) is 13.2. The van der Waals surface area contributed by atoms with Crippen LogP contribution in [0.25, 0.3) is 0 Å². The SMILES string of the molecule is CC1CN(C(=O)NC(C)(C(=O)O)C2CC2)CC1C. The second-order valence-electron chi connectivity index (χ2n) is 6.07. The van der Waals surface area contributed by atoms with E-state index >= 15 is 0 Å². The third-order valence-corrected chi connectivity index (χ3v) is 4.48. The van der Waals surface area contributed by atoms with Crippen LogP contribution in [0.5, 0.6) is 0 Å². The van der Waals surface area contributed by atoms with Crippen molar-refractivity contribution in [1.29, 1.82) is 0 Å². The molecule has 3 atom stereocenters. The topological polar surface area (TPSA) is 69.6 Å². The highest BCUT2D eigenvalue weighted by molar-refractivity contribution is 5.86. The Labute approximate surface area is 108 Å². The summed E-state index contributed by atoms with van der Waals surface area (Å²) in [6.07, 6.45) is 1.77. The van der Waals surface area contributed by atoms with Gasteiger partial charge in [-0.1, -0.05) is 13.8 Å². The predicted octanol–water partition coefficient (Wildman–Crippen LogP) is 1.54. The van der Waals surface area contributed by atoms with E-state index in [9.17, 15) is 14.7 Å². The van der Waals surface area contributed by atoms with Gasteiger partial charge in [0.25, 0.3) is 0 Å². The summed E-state index contributed by atoms with van der Waals surface area (Å²) in [6, 6.07) is -0.233. The van der Waals surface area contributed by atoms with E-state index in [1.54, 1.807) is 11.8 Å². The quantitative estimate of drug-likeness (QED) is 0.802. The first-order valence-corrected chi connectivity index (χ1v) is 6.65. The Morgan fingerprint density at radius 2 is 1.72 bits per heavy atom. The van der Waals surface area contributed by atoms with Crippen molar-refractivity contribution in [2.24, 2.45) is 17.8 Å². The zero-order valence-corrected chi connectivity index (χ0v) is 11.3. The van der Waals surface area contributed by atoms with E-state index in [-0.39, 0.29) is 11.9 Å². The number of carboxylic acid groups (broad SMARTS) is 1. The van der Waals surface area contributed by atoms with Crippen molar-refractivity contribution in [2.45, 2.75) is 39.2 Å². The van der Waals surface area contributed by atoms with Crippen LogP contribution >= 0.6 is 0 Å². The first-order chi connectivity index (χ1) is 8.34. The maximum absolute atomic E-state index is 12.1. The minimum Gasteiger partial charge on any atom is -0.480 e. The summed E-state index contributed by atoms with van der Waals surface area (Å²) in [6.45, 7) is 7.29. The van der Waals surface area contributed by atoms with Gasteiger partial charge in [-0.05, 0) is 37.5 Å². The largest absolute Gasteiger partial charge is 0.480 e. The summed E-state index contributed by atoms with van der Waals surface area (Å²) >= 11 is 0. The van der Waals surface area contributed by atoms with Crippen molar-refractivity contribution in [1.82, 2.24) is 10.2 Å². The van der Waals surface area contributed by atoms with Crippen molar-refractivity contribution in [3.05, 3.63) is 0 Å². The van der Waals surface area contributed by atoms with Gasteiger partial charge in [-0.25, -0.2) is 9.59 Å². The van der Waals surface area contributed by atoms with E-state index in [2.05, 4.69) is 19.2 Å². The van der Waals surface area contributed by atoms with Crippen LogP contribution in [-0.2, 0) is 4.79 Å². The van der Waals surface area contributed by atoms with Gasteiger partial charge in [0.1, 0.15) is 5.54 Å². The van der Waals surface area contributed by atoms with Crippen molar-refractivity contribution >= 4 is 12.0 Å². The highest BCUT2D eigenvalue weighted by Gasteiger charge is 2.49. The Morgan fingerprint density at radius 3 is 2.11 bits per heavy atom. The van der Waals surface area contributed by atoms with Crippen molar-refractivity contribution in [3.8, 4) is 0 Å². The molecule has 1 heterocycles. The molecule has 3 unspecified atom stereocenters. The van der Waals surface area contributed by atoms with Crippen LogP contribution in [0.4, 0.5) is 4.79 Å². The molecule has 1 aliphatic heterocycles. The lowest BCUT2D eigenvalue weighted by atomic mass is 9.96. The molecule has 2 fully saturated rings. The van der Waals surface area contributed by atoms with E-state index in [0.29, 0.717) is 24.9 Å². The molecule has 0 aromatic heterocycles. The molecule has 2 amide bonds. The number of hydrogen-bond acceptors (Lipinski definition) is 2.